The van der Waals surface area contributed by atoms with Gasteiger partial charge in [0.1, 0.15) is 12.3 Å². The molecular weight excluding hydrogens is 378 g/mol. The molecule has 0 spiro atoms. The van der Waals surface area contributed by atoms with Crippen LogP contribution in [0.1, 0.15) is 19.3 Å². The number of carbonyl (C=O) groups is 2. The number of rotatable bonds is 4. The molecule has 1 heterocycles. The number of carbonyl (C=O) groups excluding carboxylic acids is 2. The summed E-state index contributed by atoms with van der Waals surface area (Å²) >= 11 is 6.04. The molecule has 1 aliphatic carbocycles. The molecule has 2 aliphatic rings. The standard InChI is InChI=1S/C21H20ClN3O3/c1-28-19-10-9-13(22)11-17(19)24-20(26)12-25-18-8-3-2-6-16(18)23-15-7-4-5-14(15)21(25)27/h2-3,6,8-11,14H,4-5,7,12H2,1H3,(H,24,26)/t14-/m1/s1. The molecule has 1 N–H and O–H groups in total. The molecule has 2 aromatic carbocycles. The van der Waals surface area contributed by atoms with Gasteiger partial charge < -0.3 is 15.0 Å². The number of halogens is 1. The Morgan fingerprint density at radius 3 is 2.96 bits per heavy atom. The zero-order chi connectivity index (χ0) is 19.7. The van der Waals surface area contributed by atoms with Gasteiger partial charge in [0.15, 0.2) is 0 Å². The molecule has 0 radical (unpaired) electrons. The highest BCUT2D eigenvalue weighted by Gasteiger charge is 2.37. The molecule has 2 aromatic rings. The Labute approximate surface area is 168 Å². The van der Waals surface area contributed by atoms with Crippen molar-refractivity contribution in [3.05, 3.63) is 47.5 Å². The lowest BCUT2D eigenvalue weighted by atomic mass is 10.1. The van der Waals surface area contributed by atoms with Crippen LogP contribution in [0.5, 0.6) is 5.75 Å². The van der Waals surface area contributed by atoms with Crippen LogP contribution in [-0.2, 0) is 9.59 Å². The van der Waals surface area contributed by atoms with Crippen LogP contribution in [-0.4, -0.2) is 31.2 Å². The number of aliphatic imine (C=N–C) groups is 1. The first-order chi connectivity index (χ1) is 13.6. The van der Waals surface area contributed by atoms with Gasteiger partial charge in [-0.3, -0.25) is 14.6 Å². The minimum absolute atomic E-state index is 0.0746. The highest BCUT2D eigenvalue weighted by Crippen LogP contribution is 2.38. The smallest absolute Gasteiger partial charge is 0.244 e. The lowest BCUT2D eigenvalue weighted by Crippen LogP contribution is -2.41. The van der Waals surface area contributed by atoms with Gasteiger partial charge in [0.05, 0.1) is 30.1 Å². The molecule has 1 saturated carbocycles. The van der Waals surface area contributed by atoms with Crippen molar-refractivity contribution < 1.29 is 14.3 Å². The first kappa shape index (κ1) is 18.5. The van der Waals surface area contributed by atoms with Gasteiger partial charge in [0.25, 0.3) is 0 Å². The summed E-state index contributed by atoms with van der Waals surface area (Å²) in [7, 11) is 1.52. The topological polar surface area (TPSA) is 71.0 Å². The monoisotopic (exact) mass is 397 g/mol. The van der Waals surface area contributed by atoms with Gasteiger partial charge in [0, 0.05) is 10.7 Å². The van der Waals surface area contributed by atoms with Crippen LogP contribution in [0.15, 0.2) is 47.5 Å². The Balaban J connectivity index is 1.61. The molecule has 0 unspecified atom stereocenters. The molecule has 4 rings (SSSR count). The molecule has 144 valence electrons. The van der Waals surface area contributed by atoms with Crippen LogP contribution < -0.4 is 15.0 Å². The fourth-order valence-corrected chi connectivity index (χ4v) is 3.92. The number of nitrogens with zero attached hydrogens (tertiary/aromatic N) is 2. The molecule has 7 heteroatoms. The summed E-state index contributed by atoms with van der Waals surface area (Å²) in [4.78, 5) is 32.2. The van der Waals surface area contributed by atoms with E-state index >= 15 is 0 Å². The van der Waals surface area contributed by atoms with E-state index in [9.17, 15) is 9.59 Å². The molecule has 0 saturated heterocycles. The van der Waals surface area contributed by atoms with E-state index in [2.05, 4.69) is 5.32 Å². The van der Waals surface area contributed by atoms with Crippen molar-refractivity contribution in [1.29, 1.82) is 0 Å². The number of methoxy groups -OCH3 is 1. The van der Waals surface area contributed by atoms with Crippen molar-refractivity contribution in [1.82, 2.24) is 0 Å². The van der Waals surface area contributed by atoms with E-state index in [1.165, 1.54) is 12.0 Å². The number of anilines is 2. The summed E-state index contributed by atoms with van der Waals surface area (Å²) < 4.78 is 5.27. The van der Waals surface area contributed by atoms with Crippen LogP contribution >= 0.6 is 11.6 Å². The zero-order valence-electron chi connectivity index (χ0n) is 15.4. The van der Waals surface area contributed by atoms with Crippen LogP contribution in [0.25, 0.3) is 0 Å². The van der Waals surface area contributed by atoms with Gasteiger partial charge in [-0.2, -0.15) is 0 Å². The minimum Gasteiger partial charge on any atom is -0.495 e. The largest absolute Gasteiger partial charge is 0.495 e. The van der Waals surface area contributed by atoms with Crippen molar-refractivity contribution in [3.63, 3.8) is 0 Å². The molecule has 2 amide bonds. The van der Waals surface area contributed by atoms with Crippen molar-refractivity contribution in [2.24, 2.45) is 10.9 Å². The molecule has 0 bridgehead atoms. The average Bonchev–Trinajstić information content (AvgIpc) is 3.11. The second-order valence-electron chi connectivity index (χ2n) is 6.85. The summed E-state index contributed by atoms with van der Waals surface area (Å²) in [6, 6.07) is 12.4. The number of nitrogens with one attached hydrogen (secondary N) is 1. The van der Waals surface area contributed by atoms with Crippen LogP contribution in [0.4, 0.5) is 17.1 Å². The average molecular weight is 398 g/mol. The number of para-hydroxylation sites is 2. The number of amides is 2. The van der Waals surface area contributed by atoms with Crippen LogP contribution in [0.2, 0.25) is 5.02 Å². The third-order valence-corrected chi connectivity index (χ3v) is 5.30. The lowest BCUT2D eigenvalue weighted by Gasteiger charge is -2.24. The van der Waals surface area contributed by atoms with Crippen molar-refractivity contribution in [2.45, 2.75) is 19.3 Å². The van der Waals surface area contributed by atoms with Gasteiger partial charge in [-0.05, 0) is 49.6 Å². The summed E-state index contributed by atoms with van der Waals surface area (Å²) in [5, 5.41) is 3.28. The number of ether oxygens (including phenoxy) is 1. The molecule has 6 nitrogen and oxygen atoms in total. The normalized spacial score (nSPS) is 18.1. The summed E-state index contributed by atoms with van der Waals surface area (Å²) in [5.74, 6) is -0.151. The van der Waals surface area contributed by atoms with Gasteiger partial charge in [-0.15, -0.1) is 0 Å². The first-order valence-corrected chi connectivity index (χ1v) is 9.56. The first-order valence-electron chi connectivity index (χ1n) is 9.18. The number of hydrogen-bond acceptors (Lipinski definition) is 4. The van der Waals surface area contributed by atoms with Gasteiger partial charge >= 0.3 is 0 Å². The Morgan fingerprint density at radius 1 is 1.32 bits per heavy atom. The van der Waals surface area contributed by atoms with E-state index in [0.717, 1.165) is 30.7 Å². The third kappa shape index (κ3) is 3.47. The van der Waals surface area contributed by atoms with E-state index in [0.29, 0.717) is 22.1 Å². The maximum Gasteiger partial charge on any atom is 0.244 e. The minimum atomic E-state index is -0.329. The molecular formula is C21H20ClN3O3. The molecule has 28 heavy (non-hydrogen) atoms. The Morgan fingerprint density at radius 2 is 2.14 bits per heavy atom. The number of fused-ring (bicyclic) bond motifs is 2. The molecule has 1 fully saturated rings. The Bertz CT molecular complexity index is 973. The van der Waals surface area contributed by atoms with Gasteiger partial charge in [0.2, 0.25) is 11.8 Å². The predicted octanol–water partition coefficient (Wildman–Crippen LogP) is 4.21. The maximum atomic E-state index is 13.2. The second-order valence-corrected chi connectivity index (χ2v) is 7.29. The molecule has 1 aliphatic heterocycles. The summed E-state index contributed by atoms with van der Waals surface area (Å²) in [6.07, 6.45) is 2.54. The van der Waals surface area contributed by atoms with Gasteiger partial charge in [-0.1, -0.05) is 23.7 Å². The Kier molecular flexibility index (Phi) is 5.05. The summed E-state index contributed by atoms with van der Waals surface area (Å²) in [6.45, 7) is -0.106. The van der Waals surface area contributed by atoms with Crippen LogP contribution in [0, 0.1) is 5.92 Å². The van der Waals surface area contributed by atoms with E-state index in [1.54, 1.807) is 18.2 Å². The quantitative estimate of drug-likeness (QED) is 0.840. The lowest BCUT2D eigenvalue weighted by molar-refractivity contribution is -0.123. The van der Waals surface area contributed by atoms with Crippen molar-refractivity contribution >= 4 is 46.2 Å². The van der Waals surface area contributed by atoms with E-state index in [4.69, 9.17) is 21.3 Å². The number of benzene rings is 2. The van der Waals surface area contributed by atoms with Crippen LogP contribution in [0.3, 0.4) is 0 Å². The fraction of sp³-hybridized carbons (Fsp3) is 0.286. The van der Waals surface area contributed by atoms with E-state index in [1.807, 2.05) is 24.3 Å². The zero-order valence-corrected chi connectivity index (χ0v) is 16.2. The highest BCUT2D eigenvalue weighted by molar-refractivity contribution is 6.31. The second kappa shape index (κ2) is 7.64. The third-order valence-electron chi connectivity index (χ3n) is 5.07. The summed E-state index contributed by atoms with van der Waals surface area (Å²) in [5.41, 5.74) is 2.76. The molecule has 0 aromatic heterocycles. The SMILES string of the molecule is COc1ccc(Cl)cc1NC(=O)CN1C(=O)[C@@H]2CCCC2=Nc2ccccc21. The fourth-order valence-electron chi connectivity index (χ4n) is 3.75. The molecule has 1 atom stereocenters. The van der Waals surface area contributed by atoms with Crippen molar-refractivity contribution in [2.75, 3.05) is 23.9 Å². The van der Waals surface area contributed by atoms with Crippen molar-refractivity contribution in [3.8, 4) is 5.75 Å². The number of hydrogen-bond donors (Lipinski definition) is 1. The van der Waals surface area contributed by atoms with Gasteiger partial charge in [-0.25, -0.2) is 0 Å². The van der Waals surface area contributed by atoms with E-state index in [-0.39, 0.29) is 24.3 Å². The predicted molar refractivity (Wildman–Crippen MR) is 110 cm³/mol. The maximum absolute atomic E-state index is 13.2. The van der Waals surface area contributed by atoms with E-state index < -0.39 is 0 Å². The highest BCUT2D eigenvalue weighted by atomic mass is 35.5. The Hall–Kier alpha value is -2.86.